The van der Waals surface area contributed by atoms with Gasteiger partial charge in [0.05, 0.1) is 6.10 Å². The molecule has 1 aromatic rings. The number of hydrogen-bond acceptors (Lipinski definition) is 1. The van der Waals surface area contributed by atoms with Crippen LogP contribution in [0, 0.1) is 0 Å². The van der Waals surface area contributed by atoms with Crippen LogP contribution in [0.2, 0.25) is 0 Å². The van der Waals surface area contributed by atoms with Gasteiger partial charge in [-0.25, -0.2) is 0 Å². The second kappa shape index (κ2) is 1.47. The summed E-state index contributed by atoms with van der Waals surface area (Å²) in [6.07, 6.45) is 3.75. The molecule has 1 heterocycles. The number of epoxide rings is 1. The summed E-state index contributed by atoms with van der Waals surface area (Å²) in [7, 11) is 0. The lowest BCUT2D eigenvalue weighted by Crippen LogP contribution is -2.10. The summed E-state index contributed by atoms with van der Waals surface area (Å²) in [5, 5.41) is 0. The van der Waals surface area contributed by atoms with E-state index in [4.69, 9.17) is 4.74 Å². The lowest BCUT2D eigenvalue weighted by molar-refractivity contribution is 0.327. The molecule has 0 N–H and O–H groups in total. The molecule has 1 heteroatoms. The van der Waals surface area contributed by atoms with Crippen LogP contribution in [-0.4, -0.2) is 6.10 Å². The summed E-state index contributed by atoms with van der Waals surface area (Å²) in [4.78, 5) is 0. The minimum absolute atomic E-state index is 0.476. The first-order valence-corrected chi connectivity index (χ1v) is 4.67. The molecule has 1 aromatic carbocycles. The van der Waals surface area contributed by atoms with Crippen LogP contribution in [0.15, 0.2) is 24.3 Å². The van der Waals surface area contributed by atoms with Gasteiger partial charge in [0.2, 0.25) is 0 Å². The molecule has 0 bridgehead atoms. The Hall–Kier alpha value is -0.820. The molecule has 2 unspecified atom stereocenters. The van der Waals surface area contributed by atoms with Crippen molar-refractivity contribution >= 4 is 0 Å². The topological polar surface area (TPSA) is 12.5 Å². The van der Waals surface area contributed by atoms with Gasteiger partial charge in [-0.1, -0.05) is 24.3 Å². The summed E-state index contributed by atoms with van der Waals surface area (Å²) in [5.74, 6) is 0. The molecule has 1 nitrogen and oxygen atoms in total. The van der Waals surface area contributed by atoms with Crippen LogP contribution in [0.4, 0.5) is 0 Å². The molecule has 2 fully saturated rings. The maximum atomic E-state index is 5.66. The van der Waals surface area contributed by atoms with Crippen molar-refractivity contribution in [2.24, 2.45) is 0 Å². The maximum Gasteiger partial charge on any atom is 0.110 e. The van der Waals surface area contributed by atoms with Crippen molar-refractivity contribution in [2.45, 2.75) is 30.5 Å². The predicted octanol–water partition coefficient (Wildman–Crippen LogP) is 2.17. The minimum atomic E-state index is 0.476. The van der Waals surface area contributed by atoms with E-state index in [9.17, 15) is 0 Å². The van der Waals surface area contributed by atoms with Crippen molar-refractivity contribution in [3.05, 3.63) is 35.4 Å². The summed E-state index contributed by atoms with van der Waals surface area (Å²) in [6.45, 7) is 0. The van der Waals surface area contributed by atoms with E-state index in [0.29, 0.717) is 17.6 Å². The summed E-state index contributed by atoms with van der Waals surface area (Å²) in [5.41, 5.74) is 3.55. The molecule has 1 saturated carbocycles. The fraction of sp³-hybridized carbons (Fsp3) is 0.455. The third kappa shape index (κ3) is 0.444. The zero-order chi connectivity index (χ0) is 7.76. The Balaban J connectivity index is 2.05. The van der Waals surface area contributed by atoms with Crippen LogP contribution in [0.3, 0.4) is 0 Å². The van der Waals surface area contributed by atoms with Gasteiger partial charge < -0.3 is 4.74 Å². The SMILES string of the molecule is c1ccc2c(c1)C1OC1C21CC1. The van der Waals surface area contributed by atoms with Gasteiger partial charge in [0.25, 0.3) is 0 Å². The Bertz CT molecular complexity index is 365. The van der Waals surface area contributed by atoms with Gasteiger partial charge >= 0.3 is 0 Å². The first-order valence-electron chi connectivity index (χ1n) is 4.67. The van der Waals surface area contributed by atoms with E-state index in [-0.39, 0.29) is 0 Å². The molecule has 4 rings (SSSR count). The quantitative estimate of drug-likeness (QED) is 0.527. The normalized spacial score (nSPS) is 37.7. The Morgan fingerprint density at radius 1 is 1.25 bits per heavy atom. The van der Waals surface area contributed by atoms with E-state index in [2.05, 4.69) is 24.3 Å². The van der Waals surface area contributed by atoms with Crippen molar-refractivity contribution in [1.82, 2.24) is 0 Å². The molecular weight excluding hydrogens is 148 g/mol. The van der Waals surface area contributed by atoms with Gasteiger partial charge in [0, 0.05) is 5.41 Å². The Labute approximate surface area is 71.4 Å². The number of benzene rings is 1. The van der Waals surface area contributed by atoms with Crippen molar-refractivity contribution in [3.8, 4) is 0 Å². The predicted molar refractivity (Wildman–Crippen MR) is 45.0 cm³/mol. The monoisotopic (exact) mass is 158 g/mol. The molecule has 1 aliphatic heterocycles. The fourth-order valence-electron chi connectivity index (χ4n) is 2.81. The molecule has 2 atom stereocenters. The third-order valence-electron chi connectivity index (χ3n) is 3.63. The highest BCUT2D eigenvalue weighted by Crippen LogP contribution is 2.69. The number of ether oxygens (including phenoxy) is 1. The summed E-state index contributed by atoms with van der Waals surface area (Å²) in [6, 6.07) is 8.80. The molecule has 1 saturated heterocycles. The van der Waals surface area contributed by atoms with Crippen LogP contribution in [-0.2, 0) is 10.2 Å². The van der Waals surface area contributed by atoms with Gasteiger partial charge in [-0.05, 0) is 24.0 Å². The van der Waals surface area contributed by atoms with E-state index in [1.807, 2.05) is 0 Å². The van der Waals surface area contributed by atoms with E-state index in [0.717, 1.165) is 0 Å². The zero-order valence-electron chi connectivity index (χ0n) is 6.79. The molecule has 0 aromatic heterocycles. The average Bonchev–Trinajstić information content (AvgIpc) is 2.96. The van der Waals surface area contributed by atoms with E-state index >= 15 is 0 Å². The van der Waals surface area contributed by atoms with Crippen LogP contribution >= 0.6 is 0 Å². The smallest absolute Gasteiger partial charge is 0.110 e. The van der Waals surface area contributed by atoms with Gasteiger partial charge in [0.15, 0.2) is 0 Å². The first kappa shape index (κ1) is 5.76. The van der Waals surface area contributed by atoms with Crippen LogP contribution in [0.5, 0.6) is 0 Å². The van der Waals surface area contributed by atoms with Gasteiger partial charge in [-0.15, -0.1) is 0 Å². The number of hydrogen-bond donors (Lipinski definition) is 0. The van der Waals surface area contributed by atoms with Crippen molar-refractivity contribution in [2.75, 3.05) is 0 Å². The van der Waals surface area contributed by atoms with Gasteiger partial charge in [-0.2, -0.15) is 0 Å². The van der Waals surface area contributed by atoms with E-state index < -0.39 is 0 Å². The van der Waals surface area contributed by atoms with Crippen LogP contribution in [0.25, 0.3) is 0 Å². The highest BCUT2D eigenvalue weighted by molar-refractivity contribution is 5.51. The Morgan fingerprint density at radius 3 is 2.92 bits per heavy atom. The molecule has 3 aliphatic rings. The maximum absolute atomic E-state index is 5.66. The molecule has 60 valence electrons. The molecule has 1 spiro atoms. The third-order valence-corrected chi connectivity index (χ3v) is 3.63. The van der Waals surface area contributed by atoms with Crippen molar-refractivity contribution < 1.29 is 4.74 Å². The Morgan fingerprint density at radius 2 is 2.08 bits per heavy atom. The Kier molecular flexibility index (Phi) is 0.705. The lowest BCUT2D eigenvalue weighted by Gasteiger charge is -2.10. The first-order chi connectivity index (χ1) is 5.92. The van der Waals surface area contributed by atoms with Gasteiger partial charge in [-0.3, -0.25) is 0 Å². The minimum Gasteiger partial charge on any atom is -0.364 e. The lowest BCUT2D eigenvalue weighted by atomic mass is 9.97. The van der Waals surface area contributed by atoms with Crippen molar-refractivity contribution in [3.63, 3.8) is 0 Å². The second-order valence-corrected chi connectivity index (χ2v) is 4.22. The van der Waals surface area contributed by atoms with Crippen LogP contribution < -0.4 is 0 Å². The van der Waals surface area contributed by atoms with Crippen molar-refractivity contribution in [1.29, 1.82) is 0 Å². The summed E-state index contributed by atoms with van der Waals surface area (Å²) >= 11 is 0. The molecule has 2 aliphatic carbocycles. The number of fused-ring (bicyclic) bond motifs is 5. The molecular formula is C11H10O. The number of rotatable bonds is 0. The van der Waals surface area contributed by atoms with Crippen LogP contribution in [0.1, 0.15) is 30.1 Å². The highest BCUT2D eigenvalue weighted by Gasteiger charge is 2.68. The molecule has 12 heavy (non-hydrogen) atoms. The largest absolute Gasteiger partial charge is 0.364 e. The second-order valence-electron chi connectivity index (χ2n) is 4.22. The summed E-state index contributed by atoms with van der Waals surface area (Å²) < 4.78 is 5.66. The molecule has 0 radical (unpaired) electrons. The highest BCUT2D eigenvalue weighted by atomic mass is 16.6. The standard InChI is InChI=1S/C11H10O/c1-2-4-8-7(3-1)9-10(12-9)11(8)5-6-11/h1-4,9-10H,5-6H2. The molecule has 0 amide bonds. The average molecular weight is 158 g/mol. The van der Waals surface area contributed by atoms with E-state index in [1.54, 1.807) is 5.56 Å². The fourth-order valence-corrected chi connectivity index (χ4v) is 2.81. The van der Waals surface area contributed by atoms with E-state index in [1.165, 1.54) is 18.4 Å². The van der Waals surface area contributed by atoms with Gasteiger partial charge in [0.1, 0.15) is 6.10 Å². The zero-order valence-corrected chi connectivity index (χ0v) is 6.79.